The second-order valence-electron chi connectivity index (χ2n) is 15.8. The molecule has 9 unspecified atom stereocenters. The number of aliphatic hydroxyl groups excluding tert-OH is 3. The van der Waals surface area contributed by atoms with E-state index in [0.717, 1.165) is 42.5 Å². The normalized spacial score (nSPS) is 25.3. The first-order valence-corrected chi connectivity index (χ1v) is 19.4. The maximum Gasteiger partial charge on any atom is 0.302 e. The number of anilines is 1. The van der Waals surface area contributed by atoms with Crippen molar-refractivity contribution >= 4 is 17.8 Å². The van der Waals surface area contributed by atoms with E-state index in [4.69, 9.17) is 19.9 Å². The molecule has 0 amide bonds. The summed E-state index contributed by atoms with van der Waals surface area (Å²) in [6.07, 6.45) is 6.37. The minimum Gasteiger partial charge on any atom is -0.504 e. The van der Waals surface area contributed by atoms with Crippen molar-refractivity contribution in [1.29, 1.82) is 0 Å². The van der Waals surface area contributed by atoms with Crippen LogP contribution in [0.15, 0.2) is 48.8 Å². The standard InChI is InChI=1S/C42H59N3O9/c1-24(2)35-17-30(16-33-6-5-10-44-33)37-18-29(35)14-31(15-32(23-47)42(37)51)39(54-26(4)49)21-34(53-25(3)48)8-7-27-19-40(52-13-12-46)38(50)22-36(27)28-9-11-45-41(43)20-28/h5-6,9-11,19-20,22,24,29-32,34-35,37,39,42,44,46-47,50-51H,7-8,12-18,21,23H2,1-4H3,(H2,43,45). The molecule has 54 heavy (non-hydrogen) atoms. The molecule has 12 nitrogen and oxygen atoms in total. The number of aliphatic hydroxyl groups is 3. The Morgan fingerprint density at radius 1 is 1.02 bits per heavy atom. The summed E-state index contributed by atoms with van der Waals surface area (Å²) in [6.45, 7) is 6.83. The summed E-state index contributed by atoms with van der Waals surface area (Å²) in [5.41, 5.74) is 9.36. The molecule has 2 aliphatic carbocycles. The smallest absolute Gasteiger partial charge is 0.302 e. The molecule has 0 aliphatic heterocycles. The van der Waals surface area contributed by atoms with Crippen LogP contribution < -0.4 is 10.5 Å². The summed E-state index contributed by atoms with van der Waals surface area (Å²) >= 11 is 0. The number of rotatable bonds is 16. The molecule has 0 radical (unpaired) electrons. The molecule has 2 saturated carbocycles. The van der Waals surface area contributed by atoms with Gasteiger partial charge in [-0.3, -0.25) is 9.59 Å². The van der Waals surface area contributed by atoms with Crippen molar-refractivity contribution in [3.8, 4) is 22.6 Å². The topological polar surface area (TPSA) is 197 Å². The predicted molar refractivity (Wildman–Crippen MR) is 204 cm³/mol. The van der Waals surface area contributed by atoms with Gasteiger partial charge in [-0.15, -0.1) is 0 Å². The molecule has 7 N–H and O–H groups in total. The zero-order valence-corrected chi connectivity index (χ0v) is 32.0. The lowest BCUT2D eigenvalue weighted by Gasteiger charge is -2.50. The molecule has 9 atom stereocenters. The number of carbonyl (C=O) groups is 2. The molecule has 5 rings (SSSR count). The summed E-state index contributed by atoms with van der Waals surface area (Å²) in [5, 5.41) is 42.8. The number of pyridine rings is 1. The van der Waals surface area contributed by atoms with Crippen LogP contribution in [-0.4, -0.2) is 80.5 Å². The Hall–Kier alpha value is -4.13. The highest BCUT2D eigenvalue weighted by molar-refractivity contribution is 5.72. The number of nitrogens with one attached hydrogen (secondary N) is 1. The number of hydrogen-bond acceptors (Lipinski definition) is 11. The molecule has 0 spiro atoms. The molecule has 0 saturated heterocycles. The highest BCUT2D eigenvalue weighted by Gasteiger charge is 2.47. The van der Waals surface area contributed by atoms with Crippen molar-refractivity contribution in [2.24, 2.45) is 41.4 Å². The highest BCUT2D eigenvalue weighted by Crippen LogP contribution is 2.51. The Kier molecular flexibility index (Phi) is 14.4. The number of H-pyrrole nitrogens is 1. The number of esters is 2. The fourth-order valence-corrected chi connectivity index (χ4v) is 9.36. The zero-order valence-electron chi connectivity index (χ0n) is 32.0. The first-order chi connectivity index (χ1) is 25.9. The number of benzene rings is 1. The van der Waals surface area contributed by atoms with Gasteiger partial charge in [-0.2, -0.15) is 0 Å². The number of aromatic nitrogens is 2. The number of aromatic hydroxyl groups is 1. The Balaban J connectivity index is 1.43. The van der Waals surface area contributed by atoms with Crippen LogP contribution in [0.1, 0.15) is 77.5 Å². The van der Waals surface area contributed by atoms with E-state index in [0.29, 0.717) is 42.5 Å². The number of nitrogens with zero attached hydrogens (tertiary/aromatic N) is 1. The number of aromatic amines is 1. The van der Waals surface area contributed by atoms with Gasteiger partial charge >= 0.3 is 11.9 Å². The van der Waals surface area contributed by atoms with Crippen LogP contribution in [0, 0.1) is 41.4 Å². The van der Waals surface area contributed by atoms with Gasteiger partial charge in [-0.05, 0) is 134 Å². The molecular formula is C42H59N3O9. The summed E-state index contributed by atoms with van der Waals surface area (Å²) in [4.78, 5) is 32.7. The number of nitrogen functional groups attached to an aromatic ring is 1. The number of phenolic OH excluding ortho intramolecular Hbond substituents is 1. The number of ether oxygens (including phenoxy) is 3. The van der Waals surface area contributed by atoms with Gasteiger partial charge in [0, 0.05) is 50.9 Å². The van der Waals surface area contributed by atoms with E-state index in [-0.39, 0.29) is 61.4 Å². The monoisotopic (exact) mass is 749 g/mol. The van der Waals surface area contributed by atoms with E-state index in [1.165, 1.54) is 13.8 Å². The molecule has 2 heterocycles. The molecule has 2 aliphatic rings. The van der Waals surface area contributed by atoms with Crippen LogP contribution in [-0.2, 0) is 31.9 Å². The molecule has 12 heteroatoms. The zero-order chi connectivity index (χ0) is 38.9. The lowest BCUT2D eigenvalue weighted by Crippen LogP contribution is -2.48. The van der Waals surface area contributed by atoms with Gasteiger partial charge in [0.05, 0.1) is 12.7 Å². The Morgan fingerprint density at radius 3 is 2.44 bits per heavy atom. The van der Waals surface area contributed by atoms with E-state index >= 15 is 0 Å². The van der Waals surface area contributed by atoms with E-state index in [1.54, 1.807) is 30.5 Å². The molecule has 2 aromatic heterocycles. The number of hydrogen-bond donors (Lipinski definition) is 6. The number of phenols is 1. The first kappa shape index (κ1) is 41.0. The van der Waals surface area contributed by atoms with E-state index < -0.39 is 36.2 Å². The van der Waals surface area contributed by atoms with Gasteiger partial charge in [0.15, 0.2) is 11.5 Å². The number of aryl methyl sites for hydroxylation is 1. The van der Waals surface area contributed by atoms with Crippen LogP contribution >= 0.6 is 0 Å². The summed E-state index contributed by atoms with van der Waals surface area (Å²) < 4.78 is 17.6. The largest absolute Gasteiger partial charge is 0.504 e. The Bertz CT molecular complexity index is 1660. The fraction of sp³-hybridized carbons (Fsp3) is 0.595. The van der Waals surface area contributed by atoms with Crippen LogP contribution in [0.2, 0.25) is 0 Å². The lowest BCUT2D eigenvalue weighted by atomic mass is 9.57. The molecule has 296 valence electrons. The molecule has 2 bridgehead atoms. The van der Waals surface area contributed by atoms with E-state index in [9.17, 15) is 30.0 Å². The predicted octanol–water partition coefficient (Wildman–Crippen LogP) is 5.46. The van der Waals surface area contributed by atoms with Gasteiger partial charge in [0.2, 0.25) is 0 Å². The molecule has 1 aromatic carbocycles. The third-order valence-electron chi connectivity index (χ3n) is 11.8. The third kappa shape index (κ3) is 10.5. The van der Waals surface area contributed by atoms with Crippen molar-refractivity contribution in [3.05, 3.63) is 60.0 Å². The van der Waals surface area contributed by atoms with Gasteiger partial charge in [-0.1, -0.05) is 13.8 Å². The number of fused-ring (bicyclic) bond motifs is 2. The van der Waals surface area contributed by atoms with E-state index in [1.807, 2.05) is 12.3 Å². The Labute approximate surface area is 318 Å². The van der Waals surface area contributed by atoms with Crippen molar-refractivity contribution < 1.29 is 44.2 Å². The van der Waals surface area contributed by atoms with Gasteiger partial charge in [0.25, 0.3) is 0 Å². The SMILES string of the molecule is CC(=O)OC(CCc1cc(OCCO)c(O)cc1-c1ccnc(N)c1)CC(OC(C)=O)C1CC(CO)C(O)C2CC(C1)C(C(C)C)CC2Cc1ccc[nH]1. The molecule has 2 fully saturated rings. The van der Waals surface area contributed by atoms with Gasteiger partial charge in [0.1, 0.15) is 24.6 Å². The lowest BCUT2D eigenvalue weighted by molar-refractivity contribution is -0.158. The number of nitrogens with two attached hydrogens (primary N) is 1. The molecular weight excluding hydrogens is 690 g/mol. The van der Waals surface area contributed by atoms with Crippen molar-refractivity contribution in [2.75, 3.05) is 25.6 Å². The highest BCUT2D eigenvalue weighted by atomic mass is 16.6. The van der Waals surface area contributed by atoms with Crippen LogP contribution in [0.5, 0.6) is 11.5 Å². The minimum absolute atomic E-state index is 0.00749. The average molecular weight is 750 g/mol. The maximum absolute atomic E-state index is 12.7. The first-order valence-electron chi connectivity index (χ1n) is 19.4. The minimum atomic E-state index is -0.715. The number of carbonyl (C=O) groups excluding carboxylic acids is 2. The van der Waals surface area contributed by atoms with Gasteiger partial charge in [-0.25, -0.2) is 4.98 Å². The Morgan fingerprint density at radius 2 is 1.80 bits per heavy atom. The average Bonchev–Trinajstić information content (AvgIpc) is 3.63. The van der Waals surface area contributed by atoms with Crippen LogP contribution in [0.4, 0.5) is 5.82 Å². The summed E-state index contributed by atoms with van der Waals surface area (Å²) in [7, 11) is 0. The third-order valence-corrected chi connectivity index (χ3v) is 11.8. The van der Waals surface area contributed by atoms with Gasteiger partial charge < -0.3 is 45.4 Å². The quantitative estimate of drug-likeness (QED) is 0.102. The second-order valence-corrected chi connectivity index (χ2v) is 15.8. The van der Waals surface area contributed by atoms with Crippen molar-refractivity contribution in [2.45, 2.75) is 97.4 Å². The van der Waals surface area contributed by atoms with Crippen LogP contribution in [0.3, 0.4) is 0 Å². The maximum atomic E-state index is 12.7. The summed E-state index contributed by atoms with van der Waals surface area (Å²) in [6, 6.07) is 10.9. The van der Waals surface area contributed by atoms with Crippen LogP contribution in [0.25, 0.3) is 11.1 Å². The summed E-state index contributed by atoms with van der Waals surface area (Å²) in [5.74, 6) is 0.315. The van der Waals surface area contributed by atoms with Crippen molar-refractivity contribution in [1.82, 2.24) is 9.97 Å². The van der Waals surface area contributed by atoms with E-state index in [2.05, 4.69) is 29.9 Å². The molecule has 3 aromatic rings. The van der Waals surface area contributed by atoms with Crippen molar-refractivity contribution in [3.63, 3.8) is 0 Å². The fourth-order valence-electron chi connectivity index (χ4n) is 9.36. The second kappa shape index (κ2) is 19.0.